The minimum Gasteiger partial charge on any atom is -0.467 e. The average Bonchev–Trinajstić information content (AvgIpc) is 3.22. The molecule has 2 heterocycles. The molecule has 1 aromatic carbocycles. The number of aromatic nitrogens is 3. The molecule has 0 bridgehead atoms. The van der Waals surface area contributed by atoms with Crippen molar-refractivity contribution in [1.82, 2.24) is 20.2 Å². The van der Waals surface area contributed by atoms with Gasteiger partial charge in [0.1, 0.15) is 5.76 Å². The van der Waals surface area contributed by atoms with Crippen molar-refractivity contribution in [1.29, 1.82) is 0 Å². The summed E-state index contributed by atoms with van der Waals surface area (Å²) < 4.78 is 6.56. The molecule has 24 heavy (non-hydrogen) atoms. The summed E-state index contributed by atoms with van der Waals surface area (Å²) in [6.07, 6.45) is 1.57. The summed E-state index contributed by atoms with van der Waals surface area (Å²) >= 11 is 1.23. The molecule has 8 heteroatoms. The van der Waals surface area contributed by atoms with E-state index in [4.69, 9.17) is 10.3 Å². The average molecular weight is 343 g/mol. The van der Waals surface area contributed by atoms with E-state index in [0.717, 1.165) is 11.1 Å². The zero-order valence-electron chi connectivity index (χ0n) is 13.1. The minimum absolute atomic E-state index is 0.128. The monoisotopic (exact) mass is 343 g/mol. The predicted octanol–water partition coefficient (Wildman–Crippen LogP) is 1.97. The first-order valence-electron chi connectivity index (χ1n) is 7.33. The van der Waals surface area contributed by atoms with Crippen molar-refractivity contribution in [3.05, 3.63) is 54.0 Å². The lowest BCUT2D eigenvalue weighted by Crippen LogP contribution is -2.24. The highest BCUT2D eigenvalue weighted by Gasteiger charge is 2.13. The van der Waals surface area contributed by atoms with Crippen LogP contribution < -0.4 is 11.2 Å². The van der Waals surface area contributed by atoms with Gasteiger partial charge in [-0.05, 0) is 19.1 Å². The predicted molar refractivity (Wildman–Crippen MR) is 91.6 cm³/mol. The van der Waals surface area contributed by atoms with Crippen molar-refractivity contribution in [2.24, 2.45) is 0 Å². The first kappa shape index (κ1) is 16.1. The molecule has 0 unspecified atom stereocenters. The summed E-state index contributed by atoms with van der Waals surface area (Å²) in [7, 11) is 0. The summed E-state index contributed by atoms with van der Waals surface area (Å²) in [5, 5.41) is 11.4. The van der Waals surface area contributed by atoms with Crippen LogP contribution in [-0.4, -0.2) is 26.5 Å². The molecule has 7 nitrogen and oxygen atoms in total. The van der Waals surface area contributed by atoms with E-state index in [1.165, 1.54) is 16.4 Å². The molecule has 3 N–H and O–H groups in total. The maximum absolute atomic E-state index is 11.9. The third kappa shape index (κ3) is 3.77. The molecule has 124 valence electrons. The van der Waals surface area contributed by atoms with Crippen LogP contribution >= 0.6 is 11.8 Å². The fourth-order valence-corrected chi connectivity index (χ4v) is 2.74. The van der Waals surface area contributed by atoms with E-state index >= 15 is 0 Å². The Morgan fingerprint density at radius 1 is 1.29 bits per heavy atom. The number of carbonyl (C=O) groups is 1. The molecule has 0 saturated carbocycles. The van der Waals surface area contributed by atoms with Crippen LogP contribution in [0.5, 0.6) is 0 Å². The van der Waals surface area contributed by atoms with Crippen LogP contribution in [0.2, 0.25) is 0 Å². The number of nitrogens with zero attached hydrogens (tertiary/aromatic N) is 3. The Morgan fingerprint density at radius 2 is 2.08 bits per heavy atom. The van der Waals surface area contributed by atoms with Gasteiger partial charge in [-0.3, -0.25) is 4.79 Å². The van der Waals surface area contributed by atoms with Crippen molar-refractivity contribution in [2.75, 3.05) is 11.6 Å². The van der Waals surface area contributed by atoms with E-state index < -0.39 is 0 Å². The number of nitrogens with one attached hydrogen (secondary N) is 1. The quantitative estimate of drug-likeness (QED) is 0.524. The van der Waals surface area contributed by atoms with Gasteiger partial charge in [-0.15, -0.1) is 10.2 Å². The standard InChI is InChI=1S/C16H17N5O2S/c1-11-4-6-12(7-5-11)15-19-20-16(21(15)17)24-10-14(22)18-9-13-3-2-8-23-13/h2-8H,9-10,17H2,1H3,(H,18,22). The van der Waals surface area contributed by atoms with Crippen LogP contribution in [-0.2, 0) is 11.3 Å². The van der Waals surface area contributed by atoms with Gasteiger partial charge in [-0.1, -0.05) is 41.6 Å². The Kier molecular flexibility index (Phi) is 4.85. The molecule has 0 saturated heterocycles. The molecular formula is C16H17N5O2S. The lowest BCUT2D eigenvalue weighted by atomic mass is 10.1. The Hall–Kier alpha value is -2.74. The number of nitrogens with two attached hydrogens (primary N) is 1. The number of carbonyl (C=O) groups excluding carboxylic acids is 1. The van der Waals surface area contributed by atoms with Gasteiger partial charge in [0, 0.05) is 5.56 Å². The van der Waals surface area contributed by atoms with Crippen LogP contribution in [0.4, 0.5) is 0 Å². The fourth-order valence-electron chi connectivity index (χ4n) is 2.05. The molecule has 3 aromatic rings. The van der Waals surface area contributed by atoms with Crippen molar-refractivity contribution < 1.29 is 9.21 Å². The van der Waals surface area contributed by atoms with E-state index in [-0.39, 0.29) is 11.7 Å². The number of nitrogen functional groups attached to an aromatic ring is 1. The second-order valence-corrected chi connectivity index (χ2v) is 6.13. The third-order valence-corrected chi connectivity index (χ3v) is 4.29. The van der Waals surface area contributed by atoms with Gasteiger partial charge in [-0.2, -0.15) is 0 Å². The van der Waals surface area contributed by atoms with Gasteiger partial charge in [0.05, 0.1) is 18.6 Å². The normalized spacial score (nSPS) is 10.7. The van der Waals surface area contributed by atoms with E-state index in [2.05, 4.69) is 15.5 Å². The number of benzene rings is 1. The van der Waals surface area contributed by atoms with Gasteiger partial charge in [0.2, 0.25) is 11.1 Å². The molecule has 1 amide bonds. The highest BCUT2D eigenvalue weighted by atomic mass is 32.2. The van der Waals surface area contributed by atoms with E-state index in [0.29, 0.717) is 23.3 Å². The number of hydrogen-bond acceptors (Lipinski definition) is 6. The first-order valence-corrected chi connectivity index (χ1v) is 8.31. The summed E-state index contributed by atoms with van der Waals surface area (Å²) in [6, 6.07) is 11.4. The number of amides is 1. The minimum atomic E-state index is -0.128. The van der Waals surface area contributed by atoms with E-state index in [1.807, 2.05) is 31.2 Å². The summed E-state index contributed by atoms with van der Waals surface area (Å²) in [5.41, 5.74) is 2.04. The number of hydrogen-bond donors (Lipinski definition) is 2. The highest BCUT2D eigenvalue weighted by molar-refractivity contribution is 7.99. The third-order valence-electron chi connectivity index (χ3n) is 3.35. The molecule has 3 rings (SSSR count). The molecule has 0 aliphatic rings. The van der Waals surface area contributed by atoms with Crippen LogP contribution in [0.25, 0.3) is 11.4 Å². The smallest absolute Gasteiger partial charge is 0.230 e. The molecule has 2 aromatic heterocycles. The second kappa shape index (κ2) is 7.22. The summed E-state index contributed by atoms with van der Waals surface area (Å²) in [5.74, 6) is 7.37. The van der Waals surface area contributed by atoms with Crippen LogP contribution in [0.1, 0.15) is 11.3 Å². The number of furan rings is 1. The van der Waals surface area contributed by atoms with E-state index in [1.54, 1.807) is 18.4 Å². The van der Waals surface area contributed by atoms with Crippen LogP contribution in [0.15, 0.2) is 52.2 Å². The first-order chi connectivity index (χ1) is 11.6. The number of thioether (sulfide) groups is 1. The Labute approximate surface area is 143 Å². The Balaban J connectivity index is 1.58. The zero-order chi connectivity index (χ0) is 16.9. The van der Waals surface area contributed by atoms with Crippen LogP contribution in [0.3, 0.4) is 0 Å². The Bertz CT molecular complexity index is 812. The summed E-state index contributed by atoms with van der Waals surface area (Å²) in [6.45, 7) is 2.37. The molecule has 0 fully saturated rings. The van der Waals surface area contributed by atoms with Gasteiger partial charge < -0.3 is 15.6 Å². The highest BCUT2D eigenvalue weighted by Crippen LogP contribution is 2.21. The molecule has 0 atom stereocenters. The maximum atomic E-state index is 11.9. The lowest BCUT2D eigenvalue weighted by molar-refractivity contribution is -0.118. The molecule has 0 aliphatic carbocycles. The van der Waals surface area contributed by atoms with Gasteiger partial charge >= 0.3 is 0 Å². The topological polar surface area (TPSA) is 99.0 Å². The maximum Gasteiger partial charge on any atom is 0.230 e. The zero-order valence-corrected chi connectivity index (χ0v) is 13.9. The molecular weight excluding hydrogens is 326 g/mol. The van der Waals surface area contributed by atoms with Crippen molar-refractivity contribution in [3.63, 3.8) is 0 Å². The van der Waals surface area contributed by atoms with Crippen LogP contribution in [0, 0.1) is 6.92 Å². The largest absolute Gasteiger partial charge is 0.467 e. The fraction of sp³-hybridized carbons (Fsp3) is 0.188. The van der Waals surface area contributed by atoms with E-state index in [9.17, 15) is 4.79 Å². The second-order valence-electron chi connectivity index (χ2n) is 5.19. The molecule has 0 radical (unpaired) electrons. The lowest BCUT2D eigenvalue weighted by Gasteiger charge is -2.05. The Morgan fingerprint density at radius 3 is 2.79 bits per heavy atom. The van der Waals surface area contributed by atoms with Crippen molar-refractivity contribution in [3.8, 4) is 11.4 Å². The van der Waals surface area contributed by atoms with Gasteiger partial charge in [-0.25, -0.2) is 4.68 Å². The molecule has 0 spiro atoms. The van der Waals surface area contributed by atoms with Gasteiger partial charge in [0.15, 0.2) is 5.82 Å². The van der Waals surface area contributed by atoms with Crippen molar-refractivity contribution in [2.45, 2.75) is 18.6 Å². The van der Waals surface area contributed by atoms with Crippen molar-refractivity contribution >= 4 is 17.7 Å². The number of aryl methyl sites for hydroxylation is 1. The van der Waals surface area contributed by atoms with Gasteiger partial charge in [0.25, 0.3) is 0 Å². The number of rotatable bonds is 6. The SMILES string of the molecule is Cc1ccc(-c2nnc(SCC(=O)NCc3ccco3)n2N)cc1. The molecule has 0 aliphatic heterocycles. The summed E-state index contributed by atoms with van der Waals surface area (Å²) in [4.78, 5) is 11.9.